The second-order valence-corrected chi connectivity index (χ2v) is 2.84. The molecule has 92 valence electrons. The van der Waals surface area contributed by atoms with Gasteiger partial charge < -0.3 is 10.2 Å². The molecular formula is C9H8AlF3O4. The summed E-state index contributed by atoms with van der Waals surface area (Å²) in [6.07, 6.45) is -4.90. The number of benzene rings is 1. The molecule has 0 saturated carbocycles. The highest BCUT2D eigenvalue weighted by Crippen LogP contribution is 2.33. The molecule has 0 amide bonds. The van der Waals surface area contributed by atoms with E-state index in [1.54, 1.807) is 0 Å². The quantitative estimate of drug-likeness (QED) is 0.779. The second-order valence-electron chi connectivity index (χ2n) is 2.84. The van der Waals surface area contributed by atoms with Crippen molar-refractivity contribution in [3.8, 4) is 0 Å². The van der Waals surface area contributed by atoms with Crippen LogP contribution in [-0.2, 0) is 6.18 Å². The highest BCUT2D eigenvalue weighted by molar-refractivity contribution is 6.02. The van der Waals surface area contributed by atoms with Gasteiger partial charge in [0.05, 0.1) is 16.7 Å². The standard InChI is InChI=1S/C9H5F3O4.Al.3H/c10-9(11,12)5-3-1-2-4(7(13)14)6(5)8(15)16;;;;/h1-3H,(H,13,14)(H,15,16);;;;. The van der Waals surface area contributed by atoms with Crippen molar-refractivity contribution >= 4 is 29.3 Å². The SMILES string of the molecule is O=C(O)c1cccc(C(F)(F)F)c1C(=O)O.[AlH3]. The molecule has 0 atom stereocenters. The third-order valence-electron chi connectivity index (χ3n) is 1.81. The maximum Gasteiger partial charge on any atom is 0.417 e. The molecule has 0 fully saturated rings. The Labute approximate surface area is 104 Å². The lowest BCUT2D eigenvalue weighted by Gasteiger charge is -2.11. The molecule has 0 aliphatic carbocycles. The number of alkyl halides is 3. The van der Waals surface area contributed by atoms with Crippen LogP contribution in [0.25, 0.3) is 0 Å². The number of rotatable bonds is 2. The van der Waals surface area contributed by atoms with Gasteiger partial charge in [0.1, 0.15) is 0 Å². The number of hydrogen-bond acceptors (Lipinski definition) is 2. The molecule has 4 nitrogen and oxygen atoms in total. The topological polar surface area (TPSA) is 74.6 Å². The van der Waals surface area contributed by atoms with Crippen LogP contribution >= 0.6 is 0 Å². The molecule has 0 unspecified atom stereocenters. The Morgan fingerprint density at radius 3 is 1.94 bits per heavy atom. The molecule has 2 N–H and O–H groups in total. The molecule has 0 aliphatic heterocycles. The molecule has 0 aliphatic rings. The minimum atomic E-state index is -4.90. The summed E-state index contributed by atoms with van der Waals surface area (Å²) in [6.45, 7) is 0. The maximum atomic E-state index is 12.4. The van der Waals surface area contributed by atoms with E-state index in [9.17, 15) is 22.8 Å². The molecule has 0 spiro atoms. The van der Waals surface area contributed by atoms with Gasteiger partial charge in [-0.25, -0.2) is 9.59 Å². The number of aromatic carboxylic acids is 2. The van der Waals surface area contributed by atoms with E-state index < -0.39 is 34.8 Å². The van der Waals surface area contributed by atoms with Crippen LogP contribution in [0.1, 0.15) is 26.3 Å². The van der Waals surface area contributed by atoms with Gasteiger partial charge in [-0.2, -0.15) is 13.2 Å². The summed E-state index contributed by atoms with van der Waals surface area (Å²) in [7, 11) is 0. The van der Waals surface area contributed by atoms with Gasteiger partial charge in [-0.05, 0) is 12.1 Å². The maximum absolute atomic E-state index is 12.4. The Kier molecular flexibility index (Phi) is 4.74. The van der Waals surface area contributed by atoms with Gasteiger partial charge in [0.25, 0.3) is 0 Å². The molecule has 1 aromatic carbocycles. The van der Waals surface area contributed by atoms with Crippen LogP contribution in [0.4, 0.5) is 13.2 Å². The zero-order chi connectivity index (χ0) is 12.5. The van der Waals surface area contributed by atoms with Crippen molar-refractivity contribution in [2.24, 2.45) is 0 Å². The number of halogens is 3. The second kappa shape index (κ2) is 5.21. The fourth-order valence-electron chi connectivity index (χ4n) is 1.20. The van der Waals surface area contributed by atoms with E-state index in [0.717, 1.165) is 12.1 Å². The first-order valence-corrected chi connectivity index (χ1v) is 3.92. The van der Waals surface area contributed by atoms with Gasteiger partial charge in [-0.3, -0.25) is 0 Å². The lowest BCUT2D eigenvalue weighted by Crippen LogP contribution is -2.17. The molecule has 0 bridgehead atoms. The Morgan fingerprint density at radius 2 is 1.59 bits per heavy atom. The number of hydrogen-bond donors (Lipinski definition) is 2. The summed E-state index contributed by atoms with van der Waals surface area (Å²) in [5.41, 5.74) is -3.61. The van der Waals surface area contributed by atoms with E-state index in [-0.39, 0.29) is 17.4 Å². The third-order valence-corrected chi connectivity index (χ3v) is 1.81. The Bertz CT molecular complexity index is 456. The van der Waals surface area contributed by atoms with Crippen molar-refractivity contribution in [3.05, 3.63) is 34.9 Å². The summed E-state index contributed by atoms with van der Waals surface area (Å²) in [5.74, 6) is -3.64. The van der Waals surface area contributed by atoms with Gasteiger partial charge in [-0.15, -0.1) is 0 Å². The minimum absolute atomic E-state index is 0. The highest BCUT2D eigenvalue weighted by Gasteiger charge is 2.37. The number of carbonyl (C=O) groups is 2. The fourth-order valence-corrected chi connectivity index (χ4v) is 1.20. The lowest BCUT2D eigenvalue weighted by atomic mass is 10.0. The van der Waals surface area contributed by atoms with Crippen LogP contribution in [0.3, 0.4) is 0 Å². The van der Waals surface area contributed by atoms with Crippen molar-refractivity contribution in [3.63, 3.8) is 0 Å². The molecule has 17 heavy (non-hydrogen) atoms. The van der Waals surface area contributed by atoms with Crippen molar-refractivity contribution in [2.75, 3.05) is 0 Å². The molecule has 1 aromatic rings. The largest absolute Gasteiger partial charge is 0.478 e. The van der Waals surface area contributed by atoms with Crippen molar-refractivity contribution < 1.29 is 33.0 Å². The minimum Gasteiger partial charge on any atom is -0.478 e. The molecule has 0 aromatic heterocycles. The summed E-state index contributed by atoms with van der Waals surface area (Å²) in [6, 6.07) is 2.18. The van der Waals surface area contributed by atoms with Crippen LogP contribution < -0.4 is 0 Å². The summed E-state index contributed by atoms with van der Waals surface area (Å²) >= 11 is 0. The van der Waals surface area contributed by atoms with E-state index in [4.69, 9.17) is 10.2 Å². The zero-order valence-electron chi connectivity index (χ0n) is 7.58. The smallest absolute Gasteiger partial charge is 0.417 e. The predicted molar refractivity (Wildman–Crippen MR) is 55.3 cm³/mol. The average molecular weight is 264 g/mol. The molecule has 8 heteroatoms. The fraction of sp³-hybridized carbons (Fsp3) is 0.111. The van der Waals surface area contributed by atoms with E-state index >= 15 is 0 Å². The first-order valence-electron chi connectivity index (χ1n) is 3.92. The first kappa shape index (κ1) is 15.5. The van der Waals surface area contributed by atoms with Gasteiger partial charge in [-0.1, -0.05) is 6.07 Å². The van der Waals surface area contributed by atoms with Gasteiger partial charge >= 0.3 is 18.1 Å². The molecule has 0 saturated heterocycles. The summed E-state index contributed by atoms with van der Waals surface area (Å²) in [5, 5.41) is 17.2. The normalized spacial score (nSPS) is 10.5. The van der Waals surface area contributed by atoms with Crippen LogP contribution in [0, 0.1) is 0 Å². The number of carboxylic acid groups (broad SMARTS) is 2. The zero-order valence-corrected chi connectivity index (χ0v) is 7.58. The van der Waals surface area contributed by atoms with Crippen molar-refractivity contribution in [2.45, 2.75) is 6.18 Å². The average Bonchev–Trinajstić information content (AvgIpc) is 2.14. The van der Waals surface area contributed by atoms with E-state index in [2.05, 4.69) is 0 Å². The Morgan fingerprint density at radius 1 is 1.06 bits per heavy atom. The van der Waals surface area contributed by atoms with Crippen LogP contribution in [0.5, 0.6) is 0 Å². The Balaban J connectivity index is 0.00000256. The summed E-state index contributed by atoms with van der Waals surface area (Å²) < 4.78 is 37.2. The van der Waals surface area contributed by atoms with Crippen LogP contribution in [-0.4, -0.2) is 39.5 Å². The first-order chi connectivity index (χ1) is 7.25. The van der Waals surface area contributed by atoms with Crippen molar-refractivity contribution in [1.29, 1.82) is 0 Å². The highest BCUT2D eigenvalue weighted by atomic mass is 27.0. The molecule has 1 rings (SSSR count). The van der Waals surface area contributed by atoms with Crippen molar-refractivity contribution in [1.82, 2.24) is 0 Å². The van der Waals surface area contributed by atoms with Gasteiger partial charge in [0.2, 0.25) is 0 Å². The van der Waals surface area contributed by atoms with Gasteiger partial charge in [0, 0.05) is 0 Å². The molecule has 0 radical (unpaired) electrons. The van der Waals surface area contributed by atoms with Gasteiger partial charge in [0.15, 0.2) is 17.4 Å². The molecular weight excluding hydrogens is 256 g/mol. The van der Waals surface area contributed by atoms with E-state index in [0.29, 0.717) is 6.07 Å². The van der Waals surface area contributed by atoms with Crippen LogP contribution in [0.15, 0.2) is 18.2 Å². The van der Waals surface area contributed by atoms with E-state index in [1.165, 1.54) is 0 Å². The van der Waals surface area contributed by atoms with Crippen LogP contribution in [0.2, 0.25) is 0 Å². The number of carboxylic acids is 2. The third kappa shape index (κ3) is 3.22. The Hall–Kier alpha value is -1.52. The predicted octanol–water partition coefficient (Wildman–Crippen LogP) is 0.918. The van der Waals surface area contributed by atoms with E-state index in [1.807, 2.05) is 0 Å². The summed E-state index contributed by atoms with van der Waals surface area (Å²) in [4.78, 5) is 21.2. The monoisotopic (exact) mass is 264 g/mol. The lowest BCUT2D eigenvalue weighted by molar-refractivity contribution is -0.138. The molecule has 0 heterocycles.